The fourth-order valence-electron chi connectivity index (χ4n) is 2.48. The number of esters is 1. The Morgan fingerprint density at radius 1 is 1.40 bits per heavy atom. The van der Waals surface area contributed by atoms with Crippen LogP contribution >= 0.6 is 0 Å². The first-order valence-corrected chi connectivity index (χ1v) is 8.94. The molecule has 1 aliphatic carbocycles. The zero-order valence-corrected chi connectivity index (χ0v) is 13.3. The fraction of sp³-hybridized carbons (Fsp3) is 0.929. The Labute approximate surface area is 123 Å². The molecule has 1 unspecified atom stereocenters. The molecule has 6 heteroatoms. The molecule has 0 aromatic heterocycles. The molecule has 20 heavy (non-hydrogen) atoms. The van der Waals surface area contributed by atoms with Crippen molar-refractivity contribution < 1.29 is 18.8 Å². The van der Waals surface area contributed by atoms with E-state index in [1.54, 1.807) is 6.92 Å². The molecule has 0 bridgehead atoms. The van der Waals surface area contributed by atoms with Gasteiger partial charge in [-0.05, 0) is 32.6 Å². The van der Waals surface area contributed by atoms with E-state index in [1.165, 1.54) is 0 Å². The second-order valence-corrected chi connectivity index (χ2v) is 7.23. The molecule has 0 aliphatic heterocycles. The standard InChI is InChI=1S/C14H27NO4S/c1-3-19-13(16)12-5-7-14(17,8-6-12)11-15-9-10-20(18)4-2/h12,15,17H,3-11H2,1-2H3. The average Bonchev–Trinajstić information content (AvgIpc) is 2.44. The van der Waals surface area contributed by atoms with Gasteiger partial charge in [-0.25, -0.2) is 0 Å². The van der Waals surface area contributed by atoms with Gasteiger partial charge in [-0.1, -0.05) is 6.92 Å². The van der Waals surface area contributed by atoms with Crippen molar-refractivity contribution in [2.24, 2.45) is 5.92 Å². The van der Waals surface area contributed by atoms with Crippen LogP contribution in [-0.2, 0) is 20.3 Å². The number of rotatable bonds is 8. The number of ether oxygens (including phenoxy) is 1. The highest BCUT2D eigenvalue weighted by molar-refractivity contribution is 7.84. The molecule has 1 atom stereocenters. The highest BCUT2D eigenvalue weighted by Gasteiger charge is 2.35. The summed E-state index contributed by atoms with van der Waals surface area (Å²) in [5.74, 6) is 1.09. The molecule has 0 heterocycles. The molecular formula is C14H27NO4S. The maximum absolute atomic E-state index is 11.6. The van der Waals surface area contributed by atoms with Crippen LogP contribution < -0.4 is 5.32 Å². The van der Waals surface area contributed by atoms with E-state index in [1.807, 2.05) is 6.92 Å². The van der Waals surface area contributed by atoms with Gasteiger partial charge < -0.3 is 15.2 Å². The predicted molar refractivity (Wildman–Crippen MR) is 80.0 cm³/mol. The number of carbonyl (C=O) groups is 1. The first kappa shape index (κ1) is 17.6. The van der Waals surface area contributed by atoms with Crippen LogP contribution in [0.3, 0.4) is 0 Å². The Kier molecular flexibility index (Phi) is 7.69. The van der Waals surface area contributed by atoms with Crippen LogP contribution in [-0.4, -0.2) is 52.1 Å². The van der Waals surface area contributed by atoms with E-state index in [0.29, 0.717) is 56.9 Å². The predicted octanol–water partition coefficient (Wildman–Crippen LogP) is 0.829. The minimum absolute atomic E-state index is 0.0668. The molecule has 0 amide bonds. The van der Waals surface area contributed by atoms with Crippen molar-refractivity contribution >= 4 is 16.8 Å². The molecular weight excluding hydrogens is 278 g/mol. The van der Waals surface area contributed by atoms with Crippen molar-refractivity contribution in [2.45, 2.75) is 45.1 Å². The van der Waals surface area contributed by atoms with Gasteiger partial charge in [0.05, 0.1) is 18.1 Å². The normalized spacial score (nSPS) is 28.1. The van der Waals surface area contributed by atoms with Gasteiger partial charge in [0.1, 0.15) is 0 Å². The summed E-state index contributed by atoms with van der Waals surface area (Å²) < 4.78 is 16.3. The molecule has 5 nitrogen and oxygen atoms in total. The van der Waals surface area contributed by atoms with Crippen molar-refractivity contribution in [1.82, 2.24) is 5.32 Å². The third-order valence-corrected chi connectivity index (χ3v) is 5.12. The highest BCUT2D eigenvalue weighted by atomic mass is 32.2. The van der Waals surface area contributed by atoms with E-state index >= 15 is 0 Å². The maximum Gasteiger partial charge on any atom is 0.308 e. The smallest absolute Gasteiger partial charge is 0.308 e. The largest absolute Gasteiger partial charge is 0.466 e. The highest BCUT2D eigenvalue weighted by Crippen LogP contribution is 2.32. The van der Waals surface area contributed by atoms with Gasteiger partial charge in [-0.15, -0.1) is 0 Å². The van der Waals surface area contributed by atoms with Gasteiger partial charge in [-0.2, -0.15) is 0 Å². The zero-order valence-electron chi connectivity index (χ0n) is 12.5. The third-order valence-electron chi connectivity index (χ3n) is 3.82. The molecule has 0 aromatic rings. The average molecular weight is 305 g/mol. The molecule has 118 valence electrons. The molecule has 2 N–H and O–H groups in total. The topological polar surface area (TPSA) is 75.6 Å². The summed E-state index contributed by atoms with van der Waals surface area (Å²) in [6.07, 6.45) is 2.58. The van der Waals surface area contributed by atoms with Gasteiger partial charge in [0, 0.05) is 35.4 Å². The lowest BCUT2D eigenvalue weighted by molar-refractivity contribution is -0.151. The summed E-state index contributed by atoms with van der Waals surface area (Å²) in [6, 6.07) is 0. The maximum atomic E-state index is 11.6. The van der Waals surface area contributed by atoms with Crippen LogP contribution in [0.2, 0.25) is 0 Å². The number of aliphatic hydroxyl groups is 1. The molecule has 1 aliphatic rings. The summed E-state index contributed by atoms with van der Waals surface area (Å²) in [5, 5.41) is 13.6. The Morgan fingerprint density at radius 2 is 2.05 bits per heavy atom. The van der Waals surface area contributed by atoms with Crippen molar-refractivity contribution in [3.63, 3.8) is 0 Å². The summed E-state index contributed by atoms with van der Waals surface area (Å²) in [7, 11) is -0.767. The van der Waals surface area contributed by atoms with Crippen LogP contribution in [0, 0.1) is 5.92 Å². The molecule has 0 spiro atoms. The Morgan fingerprint density at radius 3 is 2.60 bits per heavy atom. The molecule has 0 radical (unpaired) electrons. The molecule has 0 saturated heterocycles. The first-order chi connectivity index (χ1) is 9.50. The van der Waals surface area contributed by atoms with Crippen LogP contribution in [0.15, 0.2) is 0 Å². The second-order valence-electron chi connectivity index (χ2n) is 5.36. The number of nitrogens with one attached hydrogen (secondary N) is 1. The van der Waals surface area contributed by atoms with Crippen molar-refractivity contribution in [3.8, 4) is 0 Å². The summed E-state index contributed by atoms with van der Waals surface area (Å²) >= 11 is 0. The Hall–Kier alpha value is -0.460. The summed E-state index contributed by atoms with van der Waals surface area (Å²) in [6.45, 7) is 5.28. The third kappa shape index (κ3) is 5.89. The number of carbonyl (C=O) groups excluding carboxylic acids is 1. The molecule has 1 saturated carbocycles. The van der Waals surface area contributed by atoms with E-state index in [9.17, 15) is 14.1 Å². The fourth-order valence-corrected chi connectivity index (χ4v) is 3.14. The van der Waals surface area contributed by atoms with E-state index in [0.717, 1.165) is 0 Å². The Bertz CT molecular complexity index is 327. The first-order valence-electron chi connectivity index (χ1n) is 7.45. The Balaban J connectivity index is 2.24. The van der Waals surface area contributed by atoms with E-state index in [-0.39, 0.29) is 11.9 Å². The number of hydrogen-bond donors (Lipinski definition) is 2. The van der Waals surface area contributed by atoms with Crippen LogP contribution in [0.4, 0.5) is 0 Å². The SMILES string of the molecule is CCOC(=O)C1CCC(O)(CNCCS(=O)CC)CC1. The van der Waals surface area contributed by atoms with E-state index in [4.69, 9.17) is 4.74 Å². The van der Waals surface area contributed by atoms with Crippen LogP contribution in [0.25, 0.3) is 0 Å². The van der Waals surface area contributed by atoms with Gasteiger partial charge in [0.15, 0.2) is 0 Å². The monoisotopic (exact) mass is 305 g/mol. The van der Waals surface area contributed by atoms with Gasteiger partial charge >= 0.3 is 5.97 Å². The molecule has 1 fully saturated rings. The van der Waals surface area contributed by atoms with Crippen LogP contribution in [0.5, 0.6) is 0 Å². The lowest BCUT2D eigenvalue weighted by atomic mass is 9.79. The van der Waals surface area contributed by atoms with Gasteiger partial charge in [0.25, 0.3) is 0 Å². The zero-order chi connectivity index (χ0) is 15.0. The van der Waals surface area contributed by atoms with Crippen LogP contribution in [0.1, 0.15) is 39.5 Å². The minimum Gasteiger partial charge on any atom is -0.466 e. The quantitative estimate of drug-likeness (QED) is 0.513. The minimum atomic E-state index is -0.767. The molecule has 1 rings (SSSR count). The van der Waals surface area contributed by atoms with Crippen molar-refractivity contribution in [1.29, 1.82) is 0 Å². The van der Waals surface area contributed by atoms with E-state index < -0.39 is 16.4 Å². The second kappa shape index (κ2) is 8.74. The van der Waals surface area contributed by atoms with Gasteiger partial charge in [-0.3, -0.25) is 9.00 Å². The van der Waals surface area contributed by atoms with Gasteiger partial charge in [0.2, 0.25) is 0 Å². The summed E-state index contributed by atoms with van der Waals surface area (Å²) in [4.78, 5) is 11.6. The molecule has 0 aromatic carbocycles. The summed E-state index contributed by atoms with van der Waals surface area (Å²) in [5.41, 5.74) is -0.739. The lowest BCUT2D eigenvalue weighted by Gasteiger charge is -2.35. The van der Waals surface area contributed by atoms with Crippen molar-refractivity contribution in [2.75, 3.05) is 31.2 Å². The van der Waals surface area contributed by atoms with E-state index in [2.05, 4.69) is 5.32 Å². The lowest BCUT2D eigenvalue weighted by Crippen LogP contribution is -2.45. The number of hydrogen-bond acceptors (Lipinski definition) is 5. The van der Waals surface area contributed by atoms with Crippen molar-refractivity contribution in [3.05, 3.63) is 0 Å².